The molecule has 0 spiro atoms. The lowest BCUT2D eigenvalue weighted by atomic mass is 10.1. The zero-order chi connectivity index (χ0) is 15.7. The van der Waals surface area contributed by atoms with Crippen LogP contribution < -0.4 is 0 Å². The highest BCUT2D eigenvalue weighted by Crippen LogP contribution is 2.31. The second kappa shape index (κ2) is 5.86. The molecule has 8 heteroatoms. The van der Waals surface area contributed by atoms with Crippen molar-refractivity contribution >= 4 is 10.0 Å². The van der Waals surface area contributed by atoms with Gasteiger partial charge in [0.1, 0.15) is 16.8 Å². The van der Waals surface area contributed by atoms with E-state index < -0.39 is 16.1 Å². The molecule has 1 aliphatic heterocycles. The van der Waals surface area contributed by atoms with Gasteiger partial charge in [0.15, 0.2) is 0 Å². The number of aliphatic hydroxyl groups is 1. The molecule has 0 saturated carbocycles. The molecule has 0 aliphatic carbocycles. The van der Waals surface area contributed by atoms with Gasteiger partial charge >= 0.3 is 0 Å². The highest BCUT2D eigenvalue weighted by Gasteiger charge is 2.37. The van der Waals surface area contributed by atoms with Gasteiger partial charge in [0, 0.05) is 25.8 Å². The molecule has 1 N–H and O–H groups in total. The van der Waals surface area contributed by atoms with E-state index in [4.69, 9.17) is 4.42 Å². The topological polar surface area (TPSA) is 88.6 Å². The molecule has 1 fully saturated rings. The van der Waals surface area contributed by atoms with Crippen molar-refractivity contribution in [1.82, 2.24) is 14.1 Å². The Bertz CT molecular complexity index is 723. The SMILES string of the molecule is Cn1cc(S(=O)(=O)N2CCC[C@@H]2C[C@@H](O)c2ccco2)cn1. The van der Waals surface area contributed by atoms with E-state index in [-0.39, 0.29) is 10.9 Å². The zero-order valence-corrected chi connectivity index (χ0v) is 13.1. The first-order valence-electron chi connectivity index (χ1n) is 7.20. The Morgan fingerprint density at radius 2 is 2.36 bits per heavy atom. The third-order valence-electron chi connectivity index (χ3n) is 3.98. The Balaban J connectivity index is 1.78. The molecule has 120 valence electrons. The van der Waals surface area contributed by atoms with Crippen LogP contribution in [0.3, 0.4) is 0 Å². The van der Waals surface area contributed by atoms with Crippen LogP contribution in [0.1, 0.15) is 31.1 Å². The highest BCUT2D eigenvalue weighted by molar-refractivity contribution is 7.89. The third-order valence-corrected chi connectivity index (χ3v) is 5.88. The van der Waals surface area contributed by atoms with E-state index in [1.807, 2.05) is 0 Å². The van der Waals surface area contributed by atoms with E-state index in [1.54, 1.807) is 19.2 Å². The molecule has 0 amide bonds. The van der Waals surface area contributed by atoms with Crippen molar-refractivity contribution in [1.29, 1.82) is 0 Å². The summed E-state index contributed by atoms with van der Waals surface area (Å²) in [6, 6.07) is 3.17. The summed E-state index contributed by atoms with van der Waals surface area (Å²) in [5.74, 6) is 0.464. The average Bonchev–Trinajstić information content (AvgIpc) is 3.19. The van der Waals surface area contributed by atoms with Crippen LogP contribution in [-0.4, -0.2) is 40.2 Å². The van der Waals surface area contributed by atoms with Crippen LogP contribution in [0.25, 0.3) is 0 Å². The van der Waals surface area contributed by atoms with Gasteiger partial charge in [-0.15, -0.1) is 0 Å². The van der Waals surface area contributed by atoms with Crippen LogP contribution in [0.5, 0.6) is 0 Å². The largest absolute Gasteiger partial charge is 0.467 e. The Morgan fingerprint density at radius 1 is 1.55 bits per heavy atom. The summed E-state index contributed by atoms with van der Waals surface area (Å²) in [5, 5.41) is 14.1. The minimum Gasteiger partial charge on any atom is -0.467 e. The molecule has 2 aromatic rings. The smallest absolute Gasteiger partial charge is 0.246 e. The van der Waals surface area contributed by atoms with E-state index in [2.05, 4.69) is 5.10 Å². The Hall–Kier alpha value is -1.64. The monoisotopic (exact) mass is 325 g/mol. The fourth-order valence-electron chi connectivity index (χ4n) is 2.88. The first kappa shape index (κ1) is 15.3. The molecule has 1 aliphatic rings. The summed E-state index contributed by atoms with van der Waals surface area (Å²) in [7, 11) is -1.89. The molecule has 2 atom stereocenters. The standard InChI is InChI=1S/C14H19N3O4S/c1-16-10-12(9-15-16)22(19,20)17-6-2-4-11(17)8-13(18)14-5-3-7-21-14/h3,5,7,9-11,13,18H,2,4,6,8H2,1H3/t11-,13-/m1/s1. The van der Waals surface area contributed by atoms with Crippen molar-refractivity contribution in [2.75, 3.05) is 6.54 Å². The number of sulfonamides is 1. The number of aliphatic hydroxyl groups excluding tert-OH is 1. The number of hydrogen-bond acceptors (Lipinski definition) is 5. The molecule has 0 bridgehead atoms. The maximum absolute atomic E-state index is 12.7. The normalized spacial score (nSPS) is 21.3. The van der Waals surface area contributed by atoms with Crippen molar-refractivity contribution in [3.63, 3.8) is 0 Å². The van der Waals surface area contributed by atoms with Crippen molar-refractivity contribution in [3.8, 4) is 0 Å². The minimum atomic E-state index is -3.57. The average molecular weight is 325 g/mol. The van der Waals surface area contributed by atoms with Gasteiger partial charge in [-0.2, -0.15) is 9.40 Å². The van der Waals surface area contributed by atoms with Crippen molar-refractivity contribution in [2.24, 2.45) is 7.05 Å². The summed E-state index contributed by atoms with van der Waals surface area (Å²) in [4.78, 5) is 0.189. The van der Waals surface area contributed by atoms with Crippen LogP contribution in [-0.2, 0) is 17.1 Å². The lowest BCUT2D eigenvalue weighted by Crippen LogP contribution is -2.36. The summed E-state index contributed by atoms with van der Waals surface area (Å²) >= 11 is 0. The van der Waals surface area contributed by atoms with Crippen LogP contribution in [0.2, 0.25) is 0 Å². The van der Waals surface area contributed by atoms with Crippen LogP contribution >= 0.6 is 0 Å². The van der Waals surface area contributed by atoms with E-state index >= 15 is 0 Å². The number of rotatable bonds is 5. The molecule has 0 radical (unpaired) electrons. The van der Waals surface area contributed by atoms with Gasteiger partial charge in [0.05, 0.1) is 12.5 Å². The number of nitrogens with zero attached hydrogens (tertiary/aromatic N) is 3. The molecule has 0 unspecified atom stereocenters. The maximum Gasteiger partial charge on any atom is 0.246 e. The van der Waals surface area contributed by atoms with Gasteiger partial charge in [-0.05, 0) is 31.4 Å². The van der Waals surface area contributed by atoms with Gasteiger partial charge in [-0.1, -0.05) is 0 Å². The molecule has 0 aromatic carbocycles. The van der Waals surface area contributed by atoms with Crippen LogP contribution in [0, 0.1) is 0 Å². The molecule has 3 heterocycles. The number of hydrogen-bond donors (Lipinski definition) is 1. The third kappa shape index (κ3) is 2.81. The summed E-state index contributed by atoms with van der Waals surface area (Å²) in [5.41, 5.74) is 0. The summed E-state index contributed by atoms with van der Waals surface area (Å²) in [6.07, 6.45) is 5.39. The molecular formula is C14H19N3O4S. The van der Waals surface area contributed by atoms with Crippen molar-refractivity contribution < 1.29 is 17.9 Å². The van der Waals surface area contributed by atoms with E-state index in [9.17, 15) is 13.5 Å². The second-order valence-electron chi connectivity index (χ2n) is 5.53. The predicted octanol–water partition coefficient (Wildman–Crippen LogP) is 1.29. The van der Waals surface area contributed by atoms with Crippen molar-refractivity contribution in [3.05, 3.63) is 36.5 Å². The number of aryl methyl sites for hydroxylation is 1. The molecule has 3 rings (SSSR count). The van der Waals surface area contributed by atoms with Gasteiger partial charge in [-0.25, -0.2) is 8.42 Å². The van der Waals surface area contributed by atoms with Gasteiger partial charge in [-0.3, -0.25) is 4.68 Å². The van der Waals surface area contributed by atoms with Crippen LogP contribution in [0.15, 0.2) is 40.1 Å². The number of aromatic nitrogens is 2. The lowest BCUT2D eigenvalue weighted by Gasteiger charge is -2.24. The molecule has 1 saturated heterocycles. The first-order valence-corrected chi connectivity index (χ1v) is 8.64. The molecule has 7 nitrogen and oxygen atoms in total. The van der Waals surface area contributed by atoms with E-state index in [1.165, 1.54) is 27.6 Å². The fourth-order valence-corrected chi connectivity index (χ4v) is 4.57. The predicted molar refractivity (Wildman–Crippen MR) is 78.4 cm³/mol. The lowest BCUT2D eigenvalue weighted by molar-refractivity contribution is 0.118. The fraction of sp³-hybridized carbons (Fsp3) is 0.500. The van der Waals surface area contributed by atoms with Gasteiger partial charge in [0.2, 0.25) is 10.0 Å². The quantitative estimate of drug-likeness (QED) is 0.895. The summed E-state index contributed by atoms with van der Waals surface area (Å²) in [6.45, 7) is 0.465. The molecular weight excluding hydrogens is 306 g/mol. The summed E-state index contributed by atoms with van der Waals surface area (Å²) < 4.78 is 33.5. The van der Waals surface area contributed by atoms with Crippen LogP contribution in [0.4, 0.5) is 0 Å². The van der Waals surface area contributed by atoms with E-state index in [0.29, 0.717) is 18.7 Å². The number of furan rings is 1. The Morgan fingerprint density at radius 3 is 3.00 bits per heavy atom. The second-order valence-corrected chi connectivity index (χ2v) is 7.42. The Labute approximate surface area is 129 Å². The van der Waals surface area contributed by atoms with Gasteiger partial charge in [0.25, 0.3) is 0 Å². The van der Waals surface area contributed by atoms with Crippen molar-refractivity contribution in [2.45, 2.75) is 36.3 Å². The first-order chi connectivity index (χ1) is 10.5. The maximum atomic E-state index is 12.7. The minimum absolute atomic E-state index is 0.189. The molecule has 2 aromatic heterocycles. The molecule has 22 heavy (non-hydrogen) atoms. The highest BCUT2D eigenvalue weighted by atomic mass is 32.2. The van der Waals surface area contributed by atoms with E-state index in [0.717, 1.165) is 12.8 Å². The zero-order valence-electron chi connectivity index (χ0n) is 12.3. The van der Waals surface area contributed by atoms with Gasteiger partial charge < -0.3 is 9.52 Å². The Kier molecular flexibility index (Phi) is 4.07.